The molecule has 1 atom stereocenters. The fourth-order valence-electron chi connectivity index (χ4n) is 3.73. The van der Waals surface area contributed by atoms with Gasteiger partial charge in [-0.2, -0.15) is 0 Å². The molecule has 0 radical (unpaired) electrons. The number of hydrogen-bond donors (Lipinski definition) is 2. The minimum atomic E-state index is -1.26. The Hall–Kier alpha value is -3.15. The monoisotopic (exact) mass is 366 g/mol. The first-order valence-corrected chi connectivity index (χ1v) is 8.85. The molecule has 2 aromatic rings. The van der Waals surface area contributed by atoms with Crippen molar-refractivity contribution in [1.82, 2.24) is 4.57 Å². The van der Waals surface area contributed by atoms with E-state index in [0.29, 0.717) is 18.1 Å². The molecule has 0 fully saturated rings. The van der Waals surface area contributed by atoms with Gasteiger partial charge in [-0.15, -0.1) is 0 Å². The molecule has 0 bridgehead atoms. The highest BCUT2D eigenvalue weighted by atomic mass is 16.4. The van der Waals surface area contributed by atoms with Crippen LogP contribution in [-0.4, -0.2) is 39.0 Å². The highest BCUT2D eigenvalue weighted by Crippen LogP contribution is 2.41. The first-order valence-electron chi connectivity index (χ1n) is 8.85. The predicted molar refractivity (Wildman–Crippen MR) is 103 cm³/mol. The van der Waals surface area contributed by atoms with E-state index in [9.17, 15) is 9.59 Å². The minimum Gasteiger partial charge on any atom is -0.478 e. The number of nitrogens with zero attached hydrogens (tertiary/aromatic N) is 2. The molecule has 0 saturated heterocycles. The minimum absolute atomic E-state index is 0.558. The lowest BCUT2D eigenvalue weighted by atomic mass is 9.83. The van der Waals surface area contributed by atoms with Gasteiger partial charge in [0.1, 0.15) is 0 Å². The summed E-state index contributed by atoms with van der Waals surface area (Å²) in [6.07, 6.45) is 2.27. The summed E-state index contributed by atoms with van der Waals surface area (Å²) in [5.41, 5.74) is 8.37. The van der Waals surface area contributed by atoms with E-state index < -0.39 is 11.9 Å². The van der Waals surface area contributed by atoms with Crippen molar-refractivity contribution in [2.75, 3.05) is 6.54 Å². The van der Waals surface area contributed by atoms with Gasteiger partial charge in [0.2, 0.25) is 0 Å². The predicted octanol–water partition coefficient (Wildman–Crippen LogP) is 3.35. The fourth-order valence-corrected chi connectivity index (χ4v) is 3.73. The van der Waals surface area contributed by atoms with Crippen molar-refractivity contribution < 1.29 is 19.8 Å². The zero-order chi connectivity index (χ0) is 19.6. The van der Waals surface area contributed by atoms with E-state index >= 15 is 0 Å². The first-order chi connectivity index (χ1) is 12.9. The smallest absolute Gasteiger partial charge is 0.328 e. The van der Waals surface area contributed by atoms with Gasteiger partial charge in [-0.3, -0.25) is 4.99 Å². The zero-order valence-corrected chi connectivity index (χ0v) is 15.3. The molecule has 2 aliphatic rings. The molecule has 1 aromatic carbocycles. The molecule has 140 valence electrons. The summed E-state index contributed by atoms with van der Waals surface area (Å²) in [7, 11) is 0. The Morgan fingerprint density at radius 3 is 2.52 bits per heavy atom. The van der Waals surface area contributed by atoms with Gasteiger partial charge in [-0.25, -0.2) is 9.59 Å². The maximum Gasteiger partial charge on any atom is 0.328 e. The van der Waals surface area contributed by atoms with E-state index in [1.54, 1.807) is 0 Å². The van der Waals surface area contributed by atoms with Crippen molar-refractivity contribution in [2.45, 2.75) is 32.7 Å². The number of aromatic nitrogens is 1. The molecule has 27 heavy (non-hydrogen) atoms. The molecule has 1 aliphatic heterocycles. The van der Waals surface area contributed by atoms with Crippen LogP contribution in [0.1, 0.15) is 36.6 Å². The van der Waals surface area contributed by atoms with Gasteiger partial charge in [0, 0.05) is 24.3 Å². The van der Waals surface area contributed by atoms with Crippen molar-refractivity contribution >= 4 is 17.7 Å². The number of carboxylic acids is 2. The number of benzene rings is 1. The normalized spacial score (nSPS) is 17.1. The number of rotatable bonds is 2. The summed E-state index contributed by atoms with van der Waals surface area (Å²) in [6.45, 7) is 6.40. The number of aliphatic carboxylic acids is 2. The van der Waals surface area contributed by atoms with Crippen molar-refractivity contribution in [3.8, 4) is 11.3 Å². The molecule has 0 amide bonds. The summed E-state index contributed by atoms with van der Waals surface area (Å²) < 4.78 is 2.47. The van der Waals surface area contributed by atoms with Crippen LogP contribution >= 0.6 is 0 Å². The third kappa shape index (κ3) is 3.84. The molecule has 1 unspecified atom stereocenters. The molecule has 0 spiro atoms. The number of aliphatic imine (C=N–C) groups is 1. The van der Waals surface area contributed by atoms with Crippen LogP contribution in [0.15, 0.2) is 47.5 Å². The Kier molecular flexibility index (Phi) is 5.26. The lowest BCUT2D eigenvalue weighted by Crippen LogP contribution is -2.18. The van der Waals surface area contributed by atoms with Gasteiger partial charge in [0.25, 0.3) is 0 Å². The average Bonchev–Trinajstić information content (AvgIpc) is 3.01. The Bertz CT molecular complexity index is 937. The van der Waals surface area contributed by atoms with Gasteiger partial charge in [0.05, 0.1) is 23.6 Å². The van der Waals surface area contributed by atoms with Crippen molar-refractivity contribution in [1.29, 1.82) is 0 Å². The molecule has 1 aromatic heterocycles. The molecule has 0 saturated carbocycles. The molecular formula is C21H22N2O4. The van der Waals surface area contributed by atoms with Crippen molar-refractivity contribution in [2.24, 2.45) is 4.99 Å². The largest absolute Gasteiger partial charge is 0.478 e. The van der Waals surface area contributed by atoms with E-state index in [0.717, 1.165) is 19.5 Å². The van der Waals surface area contributed by atoms with Crippen LogP contribution in [0.5, 0.6) is 0 Å². The maximum absolute atomic E-state index is 9.55. The topological polar surface area (TPSA) is 91.9 Å². The third-order valence-electron chi connectivity index (χ3n) is 4.86. The zero-order valence-electron chi connectivity index (χ0n) is 15.3. The molecule has 6 nitrogen and oxygen atoms in total. The average molecular weight is 366 g/mol. The Labute approximate surface area is 157 Å². The second-order valence-electron chi connectivity index (χ2n) is 6.72. The number of hydrogen-bond acceptors (Lipinski definition) is 3. The van der Waals surface area contributed by atoms with Crippen LogP contribution in [0.3, 0.4) is 0 Å². The van der Waals surface area contributed by atoms with E-state index in [-0.39, 0.29) is 0 Å². The lowest BCUT2D eigenvalue weighted by Gasteiger charge is -2.25. The van der Waals surface area contributed by atoms with Crippen molar-refractivity contribution in [3.05, 3.63) is 59.3 Å². The van der Waals surface area contributed by atoms with Gasteiger partial charge < -0.3 is 14.8 Å². The maximum atomic E-state index is 9.55. The summed E-state index contributed by atoms with van der Waals surface area (Å²) in [6, 6.07) is 11.2. The summed E-state index contributed by atoms with van der Waals surface area (Å²) in [5, 5.41) is 15.6. The third-order valence-corrected chi connectivity index (χ3v) is 4.86. The Morgan fingerprint density at radius 1 is 1.19 bits per heavy atom. The van der Waals surface area contributed by atoms with Crippen LogP contribution in [0.2, 0.25) is 0 Å². The van der Waals surface area contributed by atoms with Gasteiger partial charge in [-0.1, -0.05) is 31.2 Å². The molecular weight excluding hydrogens is 344 g/mol. The van der Waals surface area contributed by atoms with Crippen molar-refractivity contribution in [3.63, 3.8) is 0 Å². The van der Waals surface area contributed by atoms with E-state index in [1.807, 2.05) is 0 Å². The number of carbonyl (C=O) groups is 2. The molecule has 1 aliphatic carbocycles. The first kappa shape index (κ1) is 18.6. The number of carboxylic acid groups (broad SMARTS) is 2. The van der Waals surface area contributed by atoms with E-state index in [4.69, 9.17) is 10.2 Å². The van der Waals surface area contributed by atoms with Gasteiger partial charge >= 0.3 is 11.9 Å². The Morgan fingerprint density at radius 2 is 1.85 bits per heavy atom. The molecule has 2 heterocycles. The SMILES string of the molecule is CC1=NCCn2c1cc1c2-c2ccccc2C(C)C1.O=C(O)/C=C/C(=O)O. The van der Waals surface area contributed by atoms with Crippen LogP contribution in [0, 0.1) is 0 Å². The van der Waals surface area contributed by atoms with Crippen LogP contribution < -0.4 is 0 Å². The second kappa shape index (κ2) is 7.61. The highest BCUT2D eigenvalue weighted by Gasteiger charge is 2.27. The summed E-state index contributed by atoms with van der Waals surface area (Å²) in [5.74, 6) is -1.90. The molecule has 2 N–H and O–H groups in total. The molecule has 4 rings (SSSR count). The number of fused-ring (bicyclic) bond motifs is 5. The van der Waals surface area contributed by atoms with Gasteiger partial charge in [0.15, 0.2) is 0 Å². The van der Waals surface area contributed by atoms with Crippen LogP contribution in [0.4, 0.5) is 0 Å². The quantitative estimate of drug-likeness (QED) is 0.797. The highest BCUT2D eigenvalue weighted by molar-refractivity contribution is 5.99. The fraction of sp³-hybridized carbons (Fsp3) is 0.286. The van der Waals surface area contributed by atoms with E-state index in [1.165, 1.54) is 33.8 Å². The second-order valence-corrected chi connectivity index (χ2v) is 6.72. The molecule has 6 heteroatoms. The Balaban J connectivity index is 0.000000226. The standard InChI is InChI=1S/C17H18N2.C4H4O4/c1-11-9-13-10-16-12(2)18-7-8-19(16)17(13)15-6-4-3-5-14(11)15;5-3(6)1-2-4(7)8/h3-6,10-11H,7-9H2,1-2H3;1-2H,(H,5,6)(H,7,8)/b;2-1+. The van der Waals surface area contributed by atoms with E-state index in [2.05, 4.69) is 53.7 Å². The van der Waals surface area contributed by atoms with Crippen LogP contribution in [-0.2, 0) is 22.6 Å². The summed E-state index contributed by atoms with van der Waals surface area (Å²) in [4.78, 5) is 23.7. The summed E-state index contributed by atoms with van der Waals surface area (Å²) >= 11 is 0. The lowest BCUT2D eigenvalue weighted by molar-refractivity contribution is -0.134. The van der Waals surface area contributed by atoms with Gasteiger partial charge in [-0.05, 0) is 36.5 Å². The van der Waals surface area contributed by atoms with Crippen LogP contribution in [0.25, 0.3) is 11.3 Å².